The average molecular weight is 330 g/mol. The van der Waals surface area contributed by atoms with Crippen molar-refractivity contribution in [2.75, 3.05) is 18.9 Å². The normalized spacial score (nSPS) is 11.0. The van der Waals surface area contributed by atoms with Gasteiger partial charge < -0.3 is 9.47 Å². The first-order chi connectivity index (χ1) is 9.97. The van der Waals surface area contributed by atoms with Gasteiger partial charge in [-0.25, -0.2) is 18.4 Å². The lowest BCUT2D eigenvalue weighted by molar-refractivity contribution is 0.386. The topological polar surface area (TPSA) is 90.4 Å². The molecule has 0 fully saturated rings. The van der Waals surface area contributed by atoms with Gasteiger partial charge >= 0.3 is 0 Å². The molecule has 0 aliphatic carbocycles. The number of nitrogens with zero attached hydrogens (tertiary/aromatic N) is 2. The average Bonchev–Trinajstić information content (AvgIpc) is 2.48. The Morgan fingerprint density at radius 1 is 1.14 bits per heavy atom. The second-order valence-corrected chi connectivity index (χ2v) is 5.83. The first-order valence-electron chi connectivity index (χ1n) is 5.69. The fourth-order valence-electron chi connectivity index (χ4n) is 1.57. The Kier molecular flexibility index (Phi) is 4.49. The highest BCUT2D eigenvalue weighted by Gasteiger charge is 2.22. The van der Waals surface area contributed by atoms with Crippen LogP contribution in [-0.2, 0) is 10.0 Å². The molecule has 0 unspecified atom stereocenters. The van der Waals surface area contributed by atoms with Crippen LogP contribution in [0.25, 0.3) is 0 Å². The third kappa shape index (κ3) is 3.34. The number of halogens is 1. The van der Waals surface area contributed by atoms with Crippen molar-refractivity contribution in [1.82, 2.24) is 9.97 Å². The van der Waals surface area contributed by atoms with E-state index in [-0.39, 0.29) is 21.6 Å². The minimum atomic E-state index is -3.92. The third-order valence-electron chi connectivity index (χ3n) is 2.54. The summed E-state index contributed by atoms with van der Waals surface area (Å²) in [5.74, 6) is 0.558. The van der Waals surface area contributed by atoms with Crippen molar-refractivity contribution in [2.45, 2.75) is 4.90 Å². The molecule has 0 spiro atoms. The van der Waals surface area contributed by atoms with E-state index in [1.54, 1.807) is 0 Å². The fraction of sp³-hybridized carbons (Fsp3) is 0.167. The number of aromatic nitrogens is 2. The Labute approximate surface area is 126 Å². The van der Waals surface area contributed by atoms with Gasteiger partial charge in [0.1, 0.15) is 16.4 Å². The van der Waals surface area contributed by atoms with Crippen LogP contribution in [-0.4, -0.2) is 32.6 Å². The van der Waals surface area contributed by atoms with Crippen molar-refractivity contribution < 1.29 is 17.9 Å². The summed E-state index contributed by atoms with van der Waals surface area (Å²) < 4.78 is 37.1. The van der Waals surface area contributed by atoms with E-state index in [0.29, 0.717) is 5.75 Å². The van der Waals surface area contributed by atoms with Crippen molar-refractivity contribution in [3.05, 3.63) is 35.7 Å². The molecular formula is C12H12ClN3O4S. The molecule has 2 rings (SSSR count). The zero-order chi connectivity index (χ0) is 15.5. The molecule has 0 radical (unpaired) electrons. The molecule has 0 atom stereocenters. The molecule has 1 heterocycles. The quantitative estimate of drug-likeness (QED) is 0.901. The summed E-state index contributed by atoms with van der Waals surface area (Å²) in [4.78, 5) is 7.52. The summed E-state index contributed by atoms with van der Waals surface area (Å²) in [5, 5.41) is -0.0476. The lowest BCUT2D eigenvalue weighted by Crippen LogP contribution is -2.15. The Morgan fingerprint density at radius 3 is 2.48 bits per heavy atom. The predicted molar refractivity (Wildman–Crippen MR) is 77.4 cm³/mol. The molecule has 1 N–H and O–H groups in total. The van der Waals surface area contributed by atoms with E-state index < -0.39 is 10.0 Å². The first-order valence-corrected chi connectivity index (χ1v) is 7.55. The van der Waals surface area contributed by atoms with E-state index in [4.69, 9.17) is 21.1 Å². The molecule has 0 aliphatic rings. The van der Waals surface area contributed by atoms with Gasteiger partial charge in [-0.2, -0.15) is 0 Å². The van der Waals surface area contributed by atoms with Gasteiger partial charge in [0.2, 0.25) is 0 Å². The molecule has 1 aromatic heterocycles. The van der Waals surface area contributed by atoms with Crippen molar-refractivity contribution in [3.8, 4) is 11.5 Å². The number of methoxy groups -OCH3 is 2. The smallest absolute Gasteiger partial charge is 0.266 e. The largest absolute Gasteiger partial charge is 0.497 e. The number of rotatable bonds is 5. The maximum atomic E-state index is 12.4. The number of ether oxygens (including phenoxy) is 2. The lowest BCUT2D eigenvalue weighted by Gasteiger charge is -2.12. The van der Waals surface area contributed by atoms with Crippen LogP contribution in [0.5, 0.6) is 11.5 Å². The number of nitrogens with one attached hydrogen (secondary N) is 1. The van der Waals surface area contributed by atoms with E-state index >= 15 is 0 Å². The molecule has 0 aliphatic heterocycles. The van der Waals surface area contributed by atoms with Crippen molar-refractivity contribution in [3.63, 3.8) is 0 Å². The van der Waals surface area contributed by atoms with Crippen LogP contribution in [0.1, 0.15) is 0 Å². The van der Waals surface area contributed by atoms with E-state index in [1.807, 2.05) is 0 Å². The summed E-state index contributed by atoms with van der Waals surface area (Å²) in [7, 11) is -1.08. The second kappa shape index (κ2) is 6.15. The second-order valence-electron chi connectivity index (χ2n) is 3.82. The van der Waals surface area contributed by atoms with Crippen LogP contribution < -0.4 is 14.2 Å². The zero-order valence-corrected chi connectivity index (χ0v) is 12.8. The molecule has 2 aromatic rings. The molecule has 112 valence electrons. The number of hydrogen-bond acceptors (Lipinski definition) is 6. The Morgan fingerprint density at radius 2 is 1.86 bits per heavy atom. The maximum Gasteiger partial charge on any atom is 0.266 e. The van der Waals surface area contributed by atoms with Gasteiger partial charge in [-0.15, -0.1) is 0 Å². The summed E-state index contributed by atoms with van der Waals surface area (Å²) in [6.45, 7) is 0. The summed E-state index contributed by atoms with van der Waals surface area (Å²) in [5.41, 5.74) is 0. The molecule has 0 saturated carbocycles. The van der Waals surface area contributed by atoms with Crippen LogP contribution in [0.2, 0.25) is 5.15 Å². The molecular weight excluding hydrogens is 318 g/mol. The summed E-state index contributed by atoms with van der Waals surface area (Å²) >= 11 is 5.79. The van der Waals surface area contributed by atoms with Crippen LogP contribution in [0, 0.1) is 0 Å². The fourth-order valence-corrected chi connectivity index (χ4v) is 2.95. The summed E-state index contributed by atoms with van der Waals surface area (Å²) in [6.07, 6.45) is 2.68. The highest BCUT2D eigenvalue weighted by Crippen LogP contribution is 2.30. The molecule has 21 heavy (non-hydrogen) atoms. The molecule has 0 saturated heterocycles. The van der Waals surface area contributed by atoms with Gasteiger partial charge in [0.15, 0.2) is 11.0 Å². The maximum absolute atomic E-state index is 12.4. The first kappa shape index (κ1) is 15.3. The van der Waals surface area contributed by atoms with Gasteiger partial charge in [0.05, 0.1) is 14.2 Å². The molecule has 7 nitrogen and oxygen atoms in total. The minimum absolute atomic E-state index is 0.0476. The standard InChI is InChI=1S/C12H12ClN3O4S/c1-19-8-3-4-10(9(7-8)20-2)21(17,18)16-12-11(13)14-5-6-15-12/h3-7H,1-2H3,(H,15,16). The van der Waals surface area contributed by atoms with Gasteiger partial charge in [0, 0.05) is 18.5 Å². The Bertz CT molecular complexity index is 752. The Balaban J connectivity index is 2.42. The Hall–Kier alpha value is -2.06. The minimum Gasteiger partial charge on any atom is -0.497 e. The molecule has 0 amide bonds. The molecule has 1 aromatic carbocycles. The van der Waals surface area contributed by atoms with Gasteiger partial charge in [-0.1, -0.05) is 11.6 Å². The number of anilines is 1. The number of benzene rings is 1. The zero-order valence-electron chi connectivity index (χ0n) is 11.2. The molecule has 0 bridgehead atoms. The van der Waals surface area contributed by atoms with Crippen LogP contribution in [0.3, 0.4) is 0 Å². The highest BCUT2D eigenvalue weighted by atomic mass is 35.5. The van der Waals surface area contributed by atoms with Gasteiger partial charge in [-0.05, 0) is 12.1 Å². The SMILES string of the molecule is COc1ccc(S(=O)(=O)Nc2nccnc2Cl)c(OC)c1. The van der Waals surface area contributed by atoms with Crippen LogP contribution >= 0.6 is 11.6 Å². The highest BCUT2D eigenvalue weighted by molar-refractivity contribution is 7.92. The van der Waals surface area contributed by atoms with E-state index in [9.17, 15) is 8.42 Å². The van der Waals surface area contributed by atoms with Crippen LogP contribution in [0.4, 0.5) is 5.82 Å². The lowest BCUT2D eigenvalue weighted by atomic mass is 10.3. The van der Waals surface area contributed by atoms with Crippen molar-refractivity contribution in [1.29, 1.82) is 0 Å². The third-order valence-corrected chi connectivity index (χ3v) is 4.20. The number of sulfonamides is 1. The van der Waals surface area contributed by atoms with Gasteiger partial charge in [0.25, 0.3) is 10.0 Å². The van der Waals surface area contributed by atoms with E-state index in [1.165, 1.54) is 44.8 Å². The monoisotopic (exact) mass is 329 g/mol. The van der Waals surface area contributed by atoms with Gasteiger partial charge in [-0.3, -0.25) is 4.72 Å². The van der Waals surface area contributed by atoms with Crippen molar-refractivity contribution >= 4 is 27.4 Å². The summed E-state index contributed by atoms with van der Waals surface area (Å²) in [6, 6.07) is 4.34. The van der Waals surface area contributed by atoms with Crippen LogP contribution in [0.15, 0.2) is 35.5 Å². The molecule has 9 heteroatoms. The van der Waals surface area contributed by atoms with E-state index in [2.05, 4.69) is 14.7 Å². The van der Waals surface area contributed by atoms with Crippen molar-refractivity contribution in [2.24, 2.45) is 0 Å². The number of hydrogen-bond donors (Lipinski definition) is 1. The predicted octanol–water partition coefficient (Wildman–Crippen LogP) is 1.95. The van der Waals surface area contributed by atoms with E-state index in [0.717, 1.165) is 0 Å².